The first-order valence-corrected chi connectivity index (χ1v) is 19.2. The van der Waals surface area contributed by atoms with Crippen LogP contribution in [0.25, 0.3) is 43.4 Å². The Kier molecular flexibility index (Phi) is 7.56. The highest BCUT2D eigenvalue weighted by Gasteiger charge is 2.34. The van der Waals surface area contributed by atoms with Crippen molar-refractivity contribution in [3.8, 4) is 11.1 Å². The van der Waals surface area contributed by atoms with Crippen LogP contribution in [-0.2, 0) is 11.8 Å². The minimum absolute atomic E-state index is 0.0101. The topological polar surface area (TPSA) is 6.48 Å². The van der Waals surface area contributed by atoms with E-state index in [-0.39, 0.29) is 5.41 Å². The largest absolute Gasteiger partial charge is 0.310 e. The lowest BCUT2D eigenvalue weighted by molar-refractivity contribution is 0.475. The highest BCUT2D eigenvalue weighted by molar-refractivity contribution is 6.32. The summed E-state index contributed by atoms with van der Waals surface area (Å²) in [7, 11) is 0. The molecule has 0 saturated carbocycles. The summed E-state index contributed by atoms with van der Waals surface area (Å²) >= 11 is 0. The van der Waals surface area contributed by atoms with E-state index in [1.165, 1.54) is 71.5 Å². The number of hydrogen-bond acceptors (Lipinski definition) is 2. The van der Waals surface area contributed by atoms with E-state index in [1.54, 1.807) is 0 Å². The van der Waals surface area contributed by atoms with Gasteiger partial charge in [0.1, 0.15) is 0 Å². The van der Waals surface area contributed by atoms with Crippen LogP contribution in [0, 0.1) is 6.92 Å². The molecule has 0 amide bonds. The molecule has 0 N–H and O–H groups in total. The molecule has 0 aromatic heterocycles. The van der Waals surface area contributed by atoms with Crippen LogP contribution in [0.2, 0.25) is 0 Å². The van der Waals surface area contributed by atoms with Crippen molar-refractivity contribution in [3.63, 3.8) is 0 Å². The fourth-order valence-electron chi connectivity index (χ4n) is 9.09. The first-order valence-electron chi connectivity index (χ1n) is 19.2. The third-order valence-corrected chi connectivity index (χ3v) is 11.8. The quantitative estimate of drug-likeness (QED) is 0.153. The van der Waals surface area contributed by atoms with Crippen LogP contribution >= 0.6 is 0 Å². The van der Waals surface area contributed by atoms with E-state index in [0.29, 0.717) is 0 Å². The number of nitrogens with zero attached hydrogens (tertiary/aromatic N) is 2. The molecule has 260 valence electrons. The van der Waals surface area contributed by atoms with Gasteiger partial charge >= 0.3 is 0 Å². The van der Waals surface area contributed by atoms with Gasteiger partial charge in [0.05, 0.1) is 11.4 Å². The summed E-state index contributed by atoms with van der Waals surface area (Å²) in [6.45, 7) is 7.13. The SMILES string of the molecule is Cc1ccccc1-c1cc(N(c2ccccc2)c2ccccc2)c2cc3c4c(cc(N(c5ccccc5)c5ccccc5)c5ccc1c2c54)CCC3(C)C. The average Bonchev–Trinajstić information content (AvgIpc) is 3.21. The van der Waals surface area contributed by atoms with Gasteiger partial charge in [-0.15, -0.1) is 0 Å². The Morgan fingerprint density at radius 2 is 0.907 bits per heavy atom. The highest BCUT2D eigenvalue weighted by atomic mass is 15.1. The number of hydrogen-bond donors (Lipinski definition) is 0. The van der Waals surface area contributed by atoms with Gasteiger partial charge in [-0.2, -0.15) is 0 Å². The average molecular weight is 695 g/mol. The predicted octanol–water partition coefficient (Wildman–Crippen LogP) is 14.7. The van der Waals surface area contributed by atoms with E-state index in [1.807, 2.05) is 0 Å². The number of para-hydroxylation sites is 4. The van der Waals surface area contributed by atoms with Crippen LogP contribution in [-0.4, -0.2) is 0 Å². The van der Waals surface area contributed by atoms with Crippen LogP contribution in [0.3, 0.4) is 0 Å². The summed E-state index contributed by atoms with van der Waals surface area (Å²) in [5, 5.41) is 7.99. The van der Waals surface area contributed by atoms with E-state index in [4.69, 9.17) is 0 Å². The Morgan fingerprint density at radius 1 is 0.426 bits per heavy atom. The summed E-state index contributed by atoms with van der Waals surface area (Å²) in [6, 6.07) is 64.7. The van der Waals surface area contributed by atoms with Gasteiger partial charge in [0.15, 0.2) is 0 Å². The second-order valence-corrected chi connectivity index (χ2v) is 15.5. The highest BCUT2D eigenvalue weighted by Crippen LogP contribution is 2.54. The second kappa shape index (κ2) is 12.6. The first kappa shape index (κ1) is 32.3. The summed E-state index contributed by atoms with van der Waals surface area (Å²) in [4.78, 5) is 4.93. The van der Waals surface area contributed by atoms with Gasteiger partial charge in [0.2, 0.25) is 0 Å². The maximum Gasteiger partial charge on any atom is 0.0546 e. The molecule has 0 radical (unpaired) electrons. The van der Waals surface area contributed by atoms with Gasteiger partial charge in [0, 0.05) is 44.3 Å². The number of anilines is 6. The summed E-state index contributed by atoms with van der Waals surface area (Å²) in [5.41, 5.74) is 13.7. The van der Waals surface area contributed by atoms with Crippen molar-refractivity contribution in [2.75, 3.05) is 9.80 Å². The van der Waals surface area contributed by atoms with Gasteiger partial charge in [-0.3, -0.25) is 0 Å². The zero-order valence-corrected chi connectivity index (χ0v) is 31.1. The van der Waals surface area contributed by atoms with Gasteiger partial charge in [-0.1, -0.05) is 123 Å². The zero-order chi connectivity index (χ0) is 36.4. The molecule has 0 unspecified atom stereocenters. The molecule has 0 saturated heterocycles. The minimum atomic E-state index is 0.0101. The van der Waals surface area contributed by atoms with Crippen molar-refractivity contribution in [3.05, 3.63) is 193 Å². The molecule has 0 spiro atoms. The standard InChI is InChI=1S/C52H42N2/c1-35-18-16-17-27-41(35)44-34-48(54(39-23-12-6-13-24-39)40-25-14-7-15-26-40)45-33-46-49-36(30-31-52(46,2)3)32-47(43-29-28-42(44)50(45)51(43)49)53(37-19-8-4-9-20-37)38-21-10-5-11-22-38/h4-29,32-34H,30-31H2,1-3H3. The van der Waals surface area contributed by atoms with E-state index >= 15 is 0 Å². The molecule has 2 heteroatoms. The first-order chi connectivity index (χ1) is 26.5. The molecule has 54 heavy (non-hydrogen) atoms. The van der Waals surface area contributed by atoms with Crippen LogP contribution in [0.5, 0.6) is 0 Å². The lowest BCUT2D eigenvalue weighted by Crippen LogP contribution is -2.24. The normalized spacial score (nSPS) is 13.5. The lowest BCUT2D eigenvalue weighted by Gasteiger charge is -2.37. The van der Waals surface area contributed by atoms with Gasteiger partial charge in [-0.05, 0) is 131 Å². The molecule has 1 aliphatic rings. The van der Waals surface area contributed by atoms with Crippen molar-refractivity contribution in [1.29, 1.82) is 0 Å². The Bertz CT molecular complexity index is 2710. The molecule has 0 fully saturated rings. The zero-order valence-electron chi connectivity index (χ0n) is 31.1. The molecular formula is C52H42N2. The number of aryl methyl sites for hydroxylation is 2. The van der Waals surface area contributed by atoms with Crippen molar-refractivity contribution in [2.24, 2.45) is 0 Å². The number of rotatable bonds is 7. The Hall–Kier alpha value is -6.38. The summed E-state index contributed by atoms with van der Waals surface area (Å²) < 4.78 is 0. The van der Waals surface area contributed by atoms with Crippen molar-refractivity contribution < 1.29 is 0 Å². The molecule has 0 atom stereocenters. The van der Waals surface area contributed by atoms with Crippen molar-refractivity contribution in [1.82, 2.24) is 0 Å². The van der Waals surface area contributed by atoms with Crippen LogP contribution in [0.15, 0.2) is 176 Å². The maximum absolute atomic E-state index is 2.56. The monoisotopic (exact) mass is 694 g/mol. The van der Waals surface area contributed by atoms with Crippen LogP contribution in [0.1, 0.15) is 37.0 Å². The Morgan fingerprint density at radius 3 is 1.44 bits per heavy atom. The molecule has 2 nitrogen and oxygen atoms in total. The van der Waals surface area contributed by atoms with Crippen LogP contribution in [0.4, 0.5) is 34.1 Å². The molecule has 9 aromatic rings. The van der Waals surface area contributed by atoms with Gasteiger partial charge < -0.3 is 9.80 Å². The second-order valence-electron chi connectivity index (χ2n) is 15.5. The lowest BCUT2D eigenvalue weighted by atomic mass is 9.70. The van der Waals surface area contributed by atoms with E-state index in [9.17, 15) is 0 Å². The molecule has 0 aliphatic heterocycles. The van der Waals surface area contributed by atoms with Crippen LogP contribution < -0.4 is 9.80 Å². The molecule has 10 rings (SSSR count). The van der Waals surface area contributed by atoms with Crippen molar-refractivity contribution in [2.45, 2.75) is 39.0 Å². The third kappa shape index (κ3) is 5.09. The van der Waals surface area contributed by atoms with Gasteiger partial charge in [-0.25, -0.2) is 0 Å². The molecule has 0 heterocycles. The summed E-state index contributed by atoms with van der Waals surface area (Å²) in [5.74, 6) is 0. The molecule has 0 bridgehead atoms. The van der Waals surface area contributed by atoms with E-state index in [2.05, 4.69) is 206 Å². The van der Waals surface area contributed by atoms with Crippen molar-refractivity contribution >= 4 is 66.4 Å². The predicted molar refractivity (Wildman–Crippen MR) is 231 cm³/mol. The number of benzene rings is 9. The van der Waals surface area contributed by atoms with E-state index in [0.717, 1.165) is 35.6 Å². The fourth-order valence-corrected chi connectivity index (χ4v) is 9.09. The maximum atomic E-state index is 2.56. The molecular weight excluding hydrogens is 653 g/mol. The summed E-state index contributed by atoms with van der Waals surface area (Å²) in [6.07, 6.45) is 2.13. The van der Waals surface area contributed by atoms with E-state index < -0.39 is 0 Å². The molecule has 9 aromatic carbocycles. The Labute approximate surface area is 317 Å². The Balaban J connectivity index is 1.41. The fraction of sp³-hybridized carbons (Fsp3) is 0.115. The van der Waals surface area contributed by atoms with Gasteiger partial charge in [0.25, 0.3) is 0 Å². The minimum Gasteiger partial charge on any atom is -0.310 e. The third-order valence-electron chi connectivity index (χ3n) is 11.8. The smallest absolute Gasteiger partial charge is 0.0546 e. The molecule has 1 aliphatic carbocycles.